The molecule has 0 rings (SSSR count). The zero-order valence-corrected chi connectivity index (χ0v) is 11.0. The van der Waals surface area contributed by atoms with Gasteiger partial charge < -0.3 is 9.01 Å². The molecular weight excluding hydrogens is 205 g/mol. The van der Waals surface area contributed by atoms with Crippen molar-refractivity contribution in [2.75, 3.05) is 46.7 Å². The lowest BCUT2D eigenvalue weighted by Crippen LogP contribution is -2.36. The molecule has 0 radical (unpaired) electrons. The smallest absolute Gasteiger partial charge is 0.254 e. The summed E-state index contributed by atoms with van der Waals surface area (Å²) in [6.45, 7) is 2.73. The van der Waals surface area contributed by atoms with Crippen molar-refractivity contribution in [2.45, 2.75) is 6.92 Å². The Balaban J connectivity index is 3.70. The minimum absolute atomic E-state index is 0.533. The van der Waals surface area contributed by atoms with Gasteiger partial charge in [-0.15, -0.1) is 0 Å². The molecule has 0 heterocycles. The second-order valence-corrected chi connectivity index (χ2v) is 9.27. The standard InChI is InChI=1S/C8H21NO2PS/c1-6-11-12(5,10)13-8-7-9(2,3)4/h6-8H2,1-5H3/q+1. The van der Waals surface area contributed by atoms with Crippen molar-refractivity contribution in [2.24, 2.45) is 0 Å². The van der Waals surface area contributed by atoms with Gasteiger partial charge in [0.2, 0.25) is 0 Å². The van der Waals surface area contributed by atoms with Crippen LogP contribution < -0.4 is 0 Å². The number of nitrogens with zero attached hydrogens (tertiary/aromatic N) is 1. The molecule has 0 aromatic rings. The fourth-order valence-corrected chi connectivity index (χ4v) is 4.04. The lowest BCUT2D eigenvalue weighted by atomic mass is 10.6. The van der Waals surface area contributed by atoms with Crippen LogP contribution in [0.25, 0.3) is 0 Å². The molecule has 80 valence electrons. The van der Waals surface area contributed by atoms with Crippen LogP contribution >= 0.6 is 18.0 Å². The minimum Gasteiger partial charge on any atom is -0.330 e. The van der Waals surface area contributed by atoms with Gasteiger partial charge in [-0.3, -0.25) is 4.57 Å². The predicted molar refractivity (Wildman–Crippen MR) is 60.5 cm³/mol. The molecule has 0 fully saturated rings. The van der Waals surface area contributed by atoms with Crippen LogP contribution in [0, 0.1) is 0 Å². The summed E-state index contributed by atoms with van der Waals surface area (Å²) >= 11 is 1.45. The van der Waals surface area contributed by atoms with Crippen molar-refractivity contribution in [1.29, 1.82) is 0 Å². The molecule has 0 spiro atoms. The van der Waals surface area contributed by atoms with Gasteiger partial charge in [0.15, 0.2) is 0 Å². The Morgan fingerprint density at radius 1 is 1.38 bits per heavy atom. The molecule has 0 aliphatic heterocycles. The number of rotatable bonds is 6. The van der Waals surface area contributed by atoms with Gasteiger partial charge >= 0.3 is 0 Å². The van der Waals surface area contributed by atoms with E-state index in [4.69, 9.17) is 4.52 Å². The lowest BCUT2D eigenvalue weighted by molar-refractivity contribution is -0.867. The Morgan fingerprint density at radius 2 is 1.92 bits per heavy atom. The van der Waals surface area contributed by atoms with E-state index in [0.29, 0.717) is 6.61 Å². The molecule has 1 unspecified atom stereocenters. The van der Waals surface area contributed by atoms with Crippen molar-refractivity contribution >= 4 is 18.0 Å². The van der Waals surface area contributed by atoms with Crippen LogP contribution in [0.5, 0.6) is 0 Å². The van der Waals surface area contributed by atoms with Crippen LogP contribution in [0.15, 0.2) is 0 Å². The van der Waals surface area contributed by atoms with E-state index >= 15 is 0 Å². The highest BCUT2D eigenvalue weighted by atomic mass is 32.7. The third-order valence-corrected chi connectivity index (χ3v) is 5.28. The van der Waals surface area contributed by atoms with Crippen molar-refractivity contribution in [3.8, 4) is 0 Å². The monoisotopic (exact) mass is 226 g/mol. The first-order valence-corrected chi connectivity index (χ1v) is 8.10. The minimum atomic E-state index is -2.37. The molecule has 0 saturated heterocycles. The molecule has 0 aromatic heterocycles. The fraction of sp³-hybridized carbons (Fsp3) is 1.00. The number of hydrogen-bond acceptors (Lipinski definition) is 3. The van der Waals surface area contributed by atoms with E-state index < -0.39 is 6.57 Å². The van der Waals surface area contributed by atoms with Crippen LogP contribution in [0.4, 0.5) is 0 Å². The SMILES string of the molecule is CCOP(C)(=O)SCC[N+](C)(C)C. The van der Waals surface area contributed by atoms with Crippen LogP contribution in [0.1, 0.15) is 6.92 Å². The quantitative estimate of drug-likeness (QED) is 0.513. The predicted octanol–water partition coefficient (Wildman–Crippen LogP) is 2.29. The van der Waals surface area contributed by atoms with Gasteiger partial charge in [0.05, 0.1) is 40.0 Å². The lowest BCUT2D eigenvalue weighted by Gasteiger charge is -2.24. The van der Waals surface area contributed by atoms with Crippen LogP contribution in [-0.4, -0.2) is 51.2 Å². The van der Waals surface area contributed by atoms with E-state index in [9.17, 15) is 4.57 Å². The largest absolute Gasteiger partial charge is 0.330 e. The highest BCUT2D eigenvalue weighted by Crippen LogP contribution is 2.55. The van der Waals surface area contributed by atoms with Gasteiger partial charge in [-0.1, -0.05) is 11.4 Å². The van der Waals surface area contributed by atoms with Gasteiger partial charge in [-0.2, -0.15) is 0 Å². The maximum Gasteiger partial charge on any atom is 0.254 e. The summed E-state index contributed by atoms with van der Waals surface area (Å²) in [6, 6.07) is 0. The van der Waals surface area contributed by atoms with Gasteiger partial charge in [0.25, 0.3) is 6.57 Å². The van der Waals surface area contributed by atoms with Gasteiger partial charge in [-0.25, -0.2) is 0 Å². The average molecular weight is 226 g/mol. The number of quaternary nitrogens is 1. The van der Waals surface area contributed by atoms with Crippen molar-refractivity contribution in [3.63, 3.8) is 0 Å². The van der Waals surface area contributed by atoms with Crippen LogP contribution in [0.2, 0.25) is 0 Å². The first-order valence-electron chi connectivity index (χ1n) is 4.44. The van der Waals surface area contributed by atoms with E-state index in [1.165, 1.54) is 11.4 Å². The van der Waals surface area contributed by atoms with Crippen LogP contribution in [0.3, 0.4) is 0 Å². The van der Waals surface area contributed by atoms with Crippen LogP contribution in [-0.2, 0) is 9.09 Å². The molecule has 0 aliphatic rings. The van der Waals surface area contributed by atoms with Gasteiger partial charge in [0.1, 0.15) is 0 Å². The fourth-order valence-electron chi connectivity index (χ4n) is 0.752. The second-order valence-electron chi connectivity index (χ2n) is 4.04. The van der Waals surface area contributed by atoms with E-state index in [-0.39, 0.29) is 0 Å². The Bertz CT molecular complexity index is 191. The first-order chi connectivity index (χ1) is 5.77. The molecule has 0 amide bonds. The van der Waals surface area contributed by atoms with Crippen molar-refractivity contribution in [1.82, 2.24) is 0 Å². The molecule has 1 atom stereocenters. The highest BCUT2D eigenvalue weighted by Gasteiger charge is 2.17. The number of hydrogen-bond donors (Lipinski definition) is 0. The summed E-state index contributed by atoms with van der Waals surface area (Å²) in [5.41, 5.74) is 0. The third-order valence-electron chi connectivity index (χ3n) is 1.45. The summed E-state index contributed by atoms with van der Waals surface area (Å²) in [6.07, 6.45) is 0. The first kappa shape index (κ1) is 13.5. The summed E-state index contributed by atoms with van der Waals surface area (Å²) in [5, 5.41) is 0. The maximum absolute atomic E-state index is 11.6. The molecule has 0 bridgehead atoms. The van der Waals surface area contributed by atoms with E-state index in [1.54, 1.807) is 6.66 Å². The molecule has 5 heteroatoms. The molecule has 0 saturated carbocycles. The van der Waals surface area contributed by atoms with Gasteiger partial charge in [-0.05, 0) is 6.92 Å². The molecule has 0 aromatic carbocycles. The third kappa shape index (κ3) is 8.82. The normalized spacial score (nSPS) is 17.0. The highest BCUT2D eigenvalue weighted by molar-refractivity contribution is 8.56. The zero-order valence-electron chi connectivity index (χ0n) is 9.24. The Kier molecular flexibility index (Phi) is 5.61. The molecular formula is C8H21NO2PS+. The zero-order chi connectivity index (χ0) is 10.5. The second kappa shape index (κ2) is 5.40. The maximum atomic E-state index is 11.6. The molecule has 0 N–H and O–H groups in total. The summed E-state index contributed by atoms with van der Waals surface area (Å²) in [7, 11) is 6.38. The molecule has 0 aliphatic carbocycles. The Hall–Kier alpha value is 0.500. The Labute approximate surface area is 85.6 Å². The van der Waals surface area contributed by atoms with Crippen molar-refractivity contribution in [3.05, 3.63) is 0 Å². The average Bonchev–Trinajstić information content (AvgIpc) is 1.82. The van der Waals surface area contributed by atoms with E-state index in [1.807, 2.05) is 6.92 Å². The topological polar surface area (TPSA) is 26.3 Å². The summed E-state index contributed by atoms with van der Waals surface area (Å²) < 4.78 is 17.7. The van der Waals surface area contributed by atoms with Gasteiger partial charge in [0, 0.05) is 6.66 Å². The van der Waals surface area contributed by atoms with E-state index in [2.05, 4.69) is 21.1 Å². The summed E-state index contributed by atoms with van der Waals surface area (Å²) in [5.74, 6) is 0.886. The van der Waals surface area contributed by atoms with Crippen molar-refractivity contribution < 1.29 is 13.6 Å². The van der Waals surface area contributed by atoms with E-state index in [0.717, 1.165) is 16.8 Å². The Morgan fingerprint density at radius 3 is 2.31 bits per heavy atom. The molecule has 13 heavy (non-hydrogen) atoms. The summed E-state index contributed by atoms with van der Waals surface area (Å²) in [4.78, 5) is 0. The molecule has 3 nitrogen and oxygen atoms in total.